The van der Waals surface area contributed by atoms with Gasteiger partial charge in [-0.1, -0.05) is 12.8 Å². The van der Waals surface area contributed by atoms with Crippen LogP contribution in [-0.2, 0) is 4.79 Å². The first-order valence-electron chi connectivity index (χ1n) is 13.5. The summed E-state index contributed by atoms with van der Waals surface area (Å²) in [6, 6.07) is 5.83. The van der Waals surface area contributed by atoms with Crippen molar-refractivity contribution in [3.63, 3.8) is 0 Å². The minimum absolute atomic E-state index is 0.0311. The number of anilines is 2. The minimum atomic E-state index is -0.0311. The molecule has 1 aromatic carbocycles. The lowest BCUT2D eigenvalue weighted by Crippen LogP contribution is -2.44. The molecule has 0 atom stereocenters. The number of amides is 4. The zero-order valence-corrected chi connectivity index (χ0v) is 21.4. The number of nitrogens with one attached hydrogen (secondary N) is 2. The van der Waals surface area contributed by atoms with Gasteiger partial charge in [0.1, 0.15) is 0 Å². The second-order valence-corrected chi connectivity index (χ2v) is 10.5. The lowest BCUT2D eigenvalue weighted by Gasteiger charge is -2.31. The van der Waals surface area contributed by atoms with Gasteiger partial charge in [0.15, 0.2) is 0 Å². The molecule has 3 aliphatic rings. The van der Waals surface area contributed by atoms with Crippen molar-refractivity contribution in [1.29, 1.82) is 0 Å². The first-order valence-corrected chi connectivity index (χ1v) is 13.5. The maximum atomic E-state index is 13.6. The summed E-state index contributed by atoms with van der Waals surface area (Å²) >= 11 is 0. The molecule has 0 radical (unpaired) electrons. The molecule has 35 heavy (non-hydrogen) atoms. The Morgan fingerprint density at radius 1 is 0.829 bits per heavy atom. The van der Waals surface area contributed by atoms with Crippen molar-refractivity contribution in [2.24, 2.45) is 5.92 Å². The molecule has 3 fully saturated rings. The van der Waals surface area contributed by atoms with E-state index in [0.29, 0.717) is 30.9 Å². The minimum Gasteiger partial charge on any atom is -0.369 e. The molecule has 8 nitrogen and oxygen atoms in total. The number of piperidine rings is 1. The van der Waals surface area contributed by atoms with Crippen molar-refractivity contribution in [1.82, 2.24) is 15.1 Å². The highest BCUT2D eigenvalue weighted by Crippen LogP contribution is 2.30. The lowest BCUT2D eigenvalue weighted by atomic mass is 10.0. The number of benzene rings is 1. The van der Waals surface area contributed by atoms with Crippen LogP contribution in [0.15, 0.2) is 18.2 Å². The molecule has 1 saturated carbocycles. The molecule has 1 aromatic rings. The molecule has 0 spiro atoms. The van der Waals surface area contributed by atoms with Gasteiger partial charge >= 0.3 is 6.03 Å². The molecule has 1 aliphatic carbocycles. The third-order valence-corrected chi connectivity index (χ3v) is 7.40. The number of carbonyl (C=O) groups excluding carboxylic acids is 3. The summed E-state index contributed by atoms with van der Waals surface area (Å²) in [7, 11) is 0. The van der Waals surface area contributed by atoms with Crippen molar-refractivity contribution in [3.05, 3.63) is 23.8 Å². The van der Waals surface area contributed by atoms with E-state index >= 15 is 0 Å². The predicted molar refractivity (Wildman–Crippen MR) is 139 cm³/mol. The molecule has 4 amide bonds. The molecular formula is C27H41N5O3. The van der Waals surface area contributed by atoms with Crippen LogP contribution in [0.5, 0.6) is 0 Å². The highest BCUT2D eigenvalue weighted by atomic mass is 16.2. The zero-order chi connectivity index (χ0) is 24.8. The Labute approximate surface area is 209 Å². The molecule has 4 rings (SSSR count). The van der Waals surface area contributed by atoms with E-state index in [1.807, 2.05) is 41.8 Å². The van der Waals surface area contributed by atoms with Gasteiger partial charge in [-0.15, -0.1) is 0 Å². The van der Waals surface area contributed by atoms with E-state index in [1.165, 1.54) is 0 Å². The van der Waals surface area contributed by atoms with Crippen LogP contribution in [0.1, 0.15) is 75.6 Å². The van der Waals surface area contributed by atoms with E-state index in [9.17, 15) is 14.4 Å². The molecule has 0 unspecified atom stereocenters. The van der Waals surface area contributed by atoms with Crippen molar-refractivity contribution >= 4 is 29.2 Å². The summed E-state index contributed by atoms with van der Waals surface area (Å²) in [6.45, 7) is 8.23. The standard InChI is InChI=1S/C27H41N5O3/c1-20(2)28-27(35)32-16-8-15-30(17-18-32)24-12-11-22(29-25(33)21-9-4-5-10-21)19-23(24)26(34)31-13-6-3-7-14-31/h11-12,19-21H,3-10,13-18H2,1-2H3,(H,28,35)(H,29,33). The molecule has 2 N–H and O–H groups in total. The number of rotatable bonds is 5. The molecule has 2 saturated heterocycles. The van der Waals surface area contributed by atoms with Gasteiger partial charge in [-0.3, -0.25) is 9.59 Å². The second-order valence-electron chi connectivity index (χ2n) is 10.5. The van der Waals surface area contributed by atoms with Gasteiger partial charge in [-0.25, -0.2) is 4.79 Å². The second kappa shape index (κ2) is 11.8. The Bertz CT molecular complexity index is 906. The van der Waals surface area contributed by atoms with E-state index in [1.54, 1.807) is 0 Å². The Morgan fingerprint density at radius 3 is 2.26 bits per heavy atom. The summed E-state index contributed by atoms with van der Waals surface area (Å²) in [5.74, 6) is 0.174. The number of carbonyl (C=O) groups is 3. The van der Waals surface area contributed by atoms with E-state index in [4.69, 9.17) is 0 Å². The smallest absolute Gasteiger partial charge is 0.317 e. The Hall–Kier alpha value is -2.77. The summed E-state index contributed by atoms with van der Waals surface area (Å²) < 4.78 is 0. The van der Waals surface area contributed by atoms with Gasteiger partial charge in [-0.05, 0) is 70.6 Å². The third-order valence-electron chi connectivity index (χ3n) is 7.40. The predicted octanol–water partition coefficient (Wildman–Crippen LogP) is 4.07. The van der Waals surface area contributed by atoms with Crippen molar-refractivity contribution < 1.29 is 14.4 Å². The monoisotopic (exact) mass is 483 g/mol. The first kappa shape index (κ1) is 25.3. The SMILES string of the molecule is CC(C)NC(=O)N1CCCN(c2ccc(NC(=O)C3CCCC3)cc2C(=O)N2CCCCC2)CC1. The van der Waals surface area contributed by atoms with Gasteiger partial charge in [-0.2, -0.15) is 0 Å². The first-order chi connectivity index (χ1) is 16.9. The molecular weight excluding hydrogens is 442 g/mol. The summed E-state index contributed by atoms with van der Waals surface area (Å²) in [5.41, 5.74) is 2.24. The van der Waals surface area contributed by atoms with Gasteiger partial charge in [0.05, 0.1) is 5.56 Å². The molecule has 8 heteroatoms. The van der Waals surface area contributed by atoms with E-state index in [2.05, 4.69) is 15.5 Å². The van der Waals surface area contributed by atoms with E-state index in [0.717, 1.165) is 76.7 Å². The Kier molecular flexibility index (Phi) is 8.52. The summed E-state index contributed by atoms with van der Waals surface area (Å²) in [6.07, 6.45) is 8.16. The van der Waals surface area contributed by atoms with Crippen molar-refractivity contribution in [2.75, 3.05) is 49.5 Å². The molecule has 0 bridgehead atoms. The molecule has 192 valence electrons. The van der Waals surface area contributed by atoms with Crippen LogP contribution in [0.3, 0.4) is 0 Å². The number of hydrogen-bond acceptors (Lipinski definition) is 4. The quantitative estimate of drug-likeness (QED) is 0.661. The maximum absolute atomic E-state index is 13.6. The fourth-order valence-electron chi connectivity index (χ4n) is 5.46. The van der Waals surface area contributed by atoms with Crippen LogP contribution in [0.25, 0.3) is 0 Å². The van der Waals surface area contributed by atoms with Crippen molar-refractivity contribution in [2.45, 2.75) is 71.3 Å². The van der Waals surface area contributed by atoms with Crippen LogP contribution < -0.4 is 15.5 Å². The molecule has 2 aliphatic heterocycles. The van der Waals surface area contributed by atoms with Gasteiger partial charge in [0.2, 0.25) is 5.91 Å². The number of nitrogens with zero attached hydrogens (tertiary/aromatic N) is 3. The van der Waals surface area contributed by atoms with Gasteiger partial charge in [0.25, 0.3) is 5.91 Å². The van der Waals surface area contributed by atoms with Crippen LogP contribution >= 0.6 is 0 Å². The van der Waals surface area contributed by atoms with Crippen LogP contribution in [0, 0.1) is 5.92 Å². The maximum Gasteiger partial charge on any atom is 0.317 e. The van der Waals surface area contributed by atoms with E-state index in [-0.39, 0.29) is 29.8 Å². The normalized spacial score (nSPS) is 19.6. The lowest BCUT2D eigenvalue weighted by molar-refractivity contribution is -0.119. The zero-order valence-electron chi connectivity index (χ0n) is 21.4. The van der Waals surface area contributed by atoms with Gasteiger partial charge < -0.3 is 25.3 Å². The van der Waals surface area contributed by atoms with Crippen LogP contribution in [-0.4, -0.2) is 73.0 Å². The summed E-state index contributed by atoms with van der Waals surface area (Å²) in [5, 5.41) is 6.06. The van der Waals surface area contributed by atoms with Gasteiger partial charge in [0, 0.05) is 62.6 Å². The molecule has 0 aromatic heterocycles. The molecule has 2 heterocycles. The Balaban J connectivity index is 1.54. The largest absolute Gasteiger partial charge is 0.369 e. The van der Waals surface area contributed by atoms with Crippen molar-refractivity contribution in [3.8, 4) is 0 Å². The van der Waals surface area contributed by atoms with E-state index < -0.39 is 0 Å². The van der Waals surface area contributed by atoms with Crippen LogP contribution in [0.2, 0.25) is 0 Å². The number of urea groups is 1. The van der Waals surface area contributed by atoms with Crippen LogP contribution in [0.4, 0.5) is 16.2 Å². The average Bonchev–Trinajstić information content (AvgIpc) is 3.29. The Morgan fingerprint density at radius 2 is 1.54 bits per heavy atom. The highest BCUT2D eigenvalue weighted by molar-refractivity contribution is 6.02. The topological polar surface area (TPSA) is 85.0 Å². The third kappa shape index (κ3) is 6.47. The fraction of sp³-hybridized carbons (Fsp3) is 0.667. The number of hydrogen-bond donors (Lipinski definition) is 2. The summed E-state index contributed by atoms with van der Waals surface area (Å²) in [4.78, 5) is 45.0. The fourth-order valence-corrected chi connectivity index (χ4v) is 5.46. The number of likely N-dealkylation sites (tertiary alicyclic amines) is 1. The average molecular weight is 484 g/mol. The highest BCUT2D eigenvalue weighted by Gasteiger charge is 2.27.